The summed E-state index contributed by atoms with van der Waals surface area (Å²) < 4.78 is 6.96. The summed E-state index contributed by atoms with van der Waals surface area (Å²) in [6.45, 7) is 4.57. The third kappa shape index (κ3) is 4.25. The number of aromatic nitrogens is 4. The average molecular weight is 257 g/mol. The van der Waals surface area contributed by atoms with Gasteiger partial charge in [0, 0.05) is 24.9 Å². The topological polar surface area (TPSA) is 64.9 Å². The number of tetrazole rings is 1. The van der Waals surface area contributed by atoms with Crippen LogP contribution in [0.4, 0.5) is 0 Å². The van der Waals surface area contributed by atoms with Crippen LogP contribution >= 0.6 is 11.8 Å². The van der Waals surface area contributed by atoms with Gasteiger partial charge in [0.05, 0.1) is 13.2 Å². The molecule has 0 saturated heterocycles. The summed E-state index contributed by atoms with van der Waals surface area (Å²) >= 11 is 1.65. The predicted molar refractivity (Wildman–Crippen MR) is 66.0 cm³/mol. The number of nitrogens with one attached hydrogen (secondary N) is 1. The maximum absolute atomic E-state index is 5.10. The van der Waals surface area contributed by atoms with Crippen molar-refractivity contribution in [2.75, 3.05) is 20.3 Å². The molecule has 1 saturated carbocycles. The van der Waals surface area contributed by atoms with Crippen LogP contribution in [0.2, 0.25) is 0 Å². The van der Waals surface area contributed by atoms with Crippen LogP contribution in [0.25, 0.3) is 0 Å². The molecule has 0 radical (unpaired) electrons. The van der Waals surface area contributed by atoms with Crippen molar-refractivity contribution < 1.29 is 4.74 Å². The maximum atomic E-state index is 5.10. The van der Waals surface area contributed by atoms with Gasteiger partial charge in [-0.15, -0.1) is 5.10 Å². The molecule has 1 unspecified atom stereocenters. The molecule has 1 N–H and O–H groups in total. The second-order valence-corrected chi connectivity index (χ2v) is 5.70. The molecule has 6 nitrogen and oxygen atoms in total. The molecule has 1 aromatic heterocycles. The molecule has 0 aliphatic heterocycles. The van der Waals surface area contributed by atoms with E-state index in [1.807, 2.05) is 4.68 Å². The minimum Gasteiger partial charge on any atom is -0.384 e. The minimum atomic E-state index is 0.362. The van der Waals surface area contributed by atoms with E-state index in [9.17, 15) is 0 Å². The summed E-state index contributed by atoms with van der Waals surface area (Å²) in [6, 6.07) is 0.731. The maximum Gasteiger partial charge on any atom is 0.209 e. The Morgan fingerprint density at radius 1 is 1.59 bits per heavy atom. The third-order valence-electron chi connectivity index (χ3n) is 2.54. The number of thioether (sulfide) groups is 1. The quantitative estimate of drug-likeness (QED) is 0.686. The Hall–Kier alpha value is -0.660. The van der Waals surface area contributed by atoms with E-state index in [0.29, 0.717) is 11.9 Å². The highest BCUT2D eigenvalue weighted by Crippen LogP contribution is 2.20. The highest BCUT2D eigenvalue weighted by Gasteiger charge is 2.20. The van der Waals surface area contributed by atoms with E-state index in [1.165, 1.54) is 12.8 Å². The molecule has 7 heteroatoms. The Bertz CT molecular complexity index is 341. The summed E-state index contributed by atoms with van der Waals surface area (Å²) in [6.07, 6.45) is 2.62. The number of nitrogens with zero attached hydrogens (tertiary/aromatic N) is 4. The van der Waals surface area contributed by atoms with Crippen molar-refractivity contribution in [1.29, 1.82) is 0 Å². The van der Waals surface area contributed by atoms with Gasteiger partial charge in [-0.2, -0.15) is 0 Å². The molecule has 2 rings (SSSR count). The third-order valence-corrected chi connectivity index (χ3v) is 3.58. The van der Waals surface area contributed by atoms with Crippen molar-refractivity contribution in [3.05, 3.63) is 0 Å². The smallest absolute Gasteiger partial charge is 0.209 e. The summed E-state index contributed by atoms with van der Waals surface area (Å²) in [4.78, 5) is 0. The highest BCUT2D eigenvalue weighted by atomic mass is 32.2. The van der Waals surface area contributed by atoms with Gasteiger partial charge in [0.25, 0.3) is 0 Å². The molecule has 0 bridgehead atoms. The van der Waals surface area contributed by atoms with Crippen molar-refractivity contribution in [3.63, 3.8) is 0 Å². The second-order valence-electron chi connectivity index (χ2n) is 4.30. The van der Waals surface area contributed by atoms with E-state index < -0.39 is 0 Å². The Morgan fingerprint density at radius 2 is 2.41 bits per heavy atom. The van der Waals surface area contributed by atoms with E-state index >= 15 is 0 Å². The van der Waals surface area contributed by atoms with E-state index in [4.69, 9.17) is 4.74 Å². The lowest BCUT2D eigenvalue weighted by Crippen LogP contribution is -2.23. The van der Waals surface area contributed by atoms with Crippen LogP contribution in [0, 0.1) is 0 Å². The number of hydrogen-bond donors (Lipinski definition) is 1. The van der Waals surface area contributed by atoms with Crippen LogP contribution in [0.3, 0.4) is 0 Å². The summed E-state index contributed by atoms with van der Waals surface area (Å²) in [5.74, 6) is 0. The molecule has 0 aromatic carbocycles. The van der Waals surface area contributed by atoms with Gasteiger partial charge >= 0.3 is 0 Å². The van der Waals surface area contributed by atoms with E-state index in [2.05, 4.69) is 27.8 Å². The van der Waals surface area contributed by atoms with Crippen molar-refractivity contribution in [2.24, 2.45) is 0 Å². The Morgan fingerprint density at radius 3 is 3.12 bits per heavy atom. The van der Waals surface area contributed by atoms with E-state index in [0.717, 1.165) is 24.3 Å². The minimum absolute atomic E-state index is 0.362. The first-order chi connectivity index (χ1) is 8.29. The van der Waals surface area contributed by atoms with Gasteiger partial charge in [-0.05, 0) is 23.3 Å². The highest BCUT2D eigenvalue weighted by molar-refractivity contribution is 7.99. The molecule has 0 amide bonds. The zero-order chi connectivity index (χ0) is 12.1. The van der Waals surface area contributed by atoms with Gasteiger partial charge in [-0.3, -0.25) is 0 Å². The molecule has 1 aliphatic rings. The fourth-order valence-electron chi connectivity index (χ4n) is 1.53. The van der Waals surface area contributed by atoms with Crippen molar-refractivity contribution in [3.8, 4) is 0 Å². The van der Waals surface area contributed by atoms with Crippen LogP contribution in [0.5, 0.6) is 0 Å². The zero-order valence-electron chi connectivity index (χ0n) is 10.3. The predicted octanol–water partition coefficient (Wildman–Crippen LogP) is 0.552. The largest absolute Gasteiger partial charge is 0.384 e. The van der Waals surface area contributed by atoms with Crippen molar-refractivity contribution in [2.45, 2.75) is 42.8 Å². The molecule has 1 fully saturated rings. The number of ether oxygens (including phenoxy) is 1. The van der Waals surface area contributed by atoms with E-state index in [-0.39, 0.29) is 0 Å². The van der Waals surface area contributed by atoms with Crippen LogP contribution in [0.1, 0.15) is 19.8 Å². The molecule has 0 spiro atoms. The Labute approximate surface area is 105 Å². The summed E-state index contributed by atoms with van der Waals surface area (Å²) in [5, 5.41) is 16.4. The molecular formula is C10H19N5OS. The number of methoxy groups -OCH3 is 1. The van der Waals surface area contributed by atoms with Gasteiger partial charge in [0.15, 0.2) is 0 Å². The van der Waals surface area contributed by atoms with Crippen LogP contribution < -0.4 is 5.32 Å². The number of rotatable bonds is 8. The SMILES string of the molecule is COCC(C)Sc1nnnn1CCNC1CC1. The summed E-state index contributed by atoms with van der Waals surface area (Å²) in [7, 11) is 1.71. The van der Waals surface area contributed by atoms with Gasteiger partial charge < -0.3 is 10.1 Å². The monoisotopic (exact) mass is 257 g/mol. The Kier molecular flexibility index (Phi) is 4.75. The van der Waals surface area contributed by atoms with Crippen molar-refractivity contribution >= 4 is 11.8 Å². The van der Waals surface area contributed by atoms with Crippen LogP contribution in [-0.4, -0.2) is 51.8 Å². The normalized spacial score (nSPS) is 17.3. The first-order valence-electron chi connectivity index (χ1n) is 5.94. The molecule has 1 aliphatic carbocycles. The molecular weight excluding hydrogens is 238 g/mol. The van der Waals surface area contributed by atoms with Crippen molar-refractivity contribution in [1.82, 2.24) is 25.5 Å². The summed E-state index contributed by atoms with van der Waals surface area (Å²) in [5.41, 5.74) is 0. The lowest BCUT2D eigenvalue weighted by Gasteiger charge is -2.09. The van der Waals surface area contributed by atoms with E-state index in [1.54, 1.807) is 18.9 Å². The zero-order valence-corrected chi connectivity index (χ0v) is 11.1. The molecule has 96 valence electrons. The molecule has 17 heavy (non-hydrogen) atoms. The first kappa shape index (κ1) is 12.8. The van der Waals surface area contributed by atoms with Gasteiger partial charge in [-0.1, -0.05) is 18.7 Å². The van der Waals surface area contributed by atoms with Gasteiger partial charge in [-0.25, -0.2) is 4.68 Å². The van der Waals surface area contributed by atoms with Crippen LogP contribution in [-0.2, 0) is 11.3 Å². The fraction of sp³-hybridized carbons (Fsp3) is 0.900. The molecule has 1 atom stereocenters. The molecule has 1 aromatic rings. The fourth-order valence-corrected chi connectivity index (χ4v) is 2.43. The van der Waals surface area contributed by atoms with Gasteiger partial charge in [0.2, 0.25) is 5.16 Å². The Balaban J connectivity index is 1.77. The lowest BCUT2D eigenvalue weighted by molar-refractivity contribution is 0.203. The molecule has 1 heterocycles. The van der Waals surface area contributed by atoms with Gasteiger partial charge in [0.1, 0.15) is 0 Å². The first-order valence-corrected chi connectivity index (χ1v) is 6.82. The average Bonchev–Trinajstić information content (AvgIpc) is 3.01. The standard InChI is InChI=1S/C10H19N5OS/c1-8(7-16-2)17-10-12-13-14-15(10)6-5-11-9-3-4-9/h8-9,11H,3-7H2,1-2H3. The lowest BCUT2D eigenvalue weighted by atomic mass is 10.5. The second kappa shape index (κ2) is 6.32. The van der Waals surface area contributed by atoms with Crippen LogP contribution in [0.15, 0.2) is 5.16 Å². The number of hydrogen-bond acceptors (Lipinski definition) is 6.